The number of methoxy groups -OCH3 is 4. The summed E-state index contributed by atoms with van der Waals surface area (Å²) in [6.07, 6.45) is 6.81. The number of benzene rings is 4. The molecule has 0 saturated carbocycles. The molecule has 109 heavy (non-hydrogen) atoms. The van der Waals surface area contributed by atoms with Crippen LogP contribution in [0, 0.1) is 20.2 Å². The molecule has 0 bridgehead atoms. The van der Waals surface area contributed by atoms with Crippen LogP contribution in [0.25, 0.3) is 11.1 Å². The smallest absolute Gasteiger partial charge is 0.410 e. The maximum absolute atomic E-state index is 14.3. The fourth-order valence-electron chi connectivity index (χ4n) is 10.5. The van der Waals surface area contributed by atoms with E-state index in [1.165, 1.54) is 98.1 Å². The molecular weight excluding hydrogens is 1550 g/mol. The number of nitrogen functional groups attached to an aromatic ring is 1. The third kappa shape index (κ3) is 25.6. The molecule has 2 N–H and O–H groups in total. The minimum absolute atomic E-state index is 0.0783. The molecule has 4 aromatic carbocycles. The molecule has 2 aromatic heterocycles. The zero-order valence-corrected chi connectivity index (χ0v) is 70.4. The predicted octanol–water partition coefficient (Wildman–Crippen LogP) is 17.7. The topological polar surface area (TPSA) is 325 Å². The van der Waals surface area contributed by atoms with E-state index in [1.54, 1.807) is 41.1 Å². The van der Waals surface area contributed by atoms with Crippen molar-refractivity contribution in [1.82, 2.24) is 29.7 Å². The standard InChI is InChI=1S/C37H48Cl2N6O8Si.C20H27Cl3N4O4Si.C16H21N3O4/c1-37(2,3)53-36(47)43-14-12-24(13-15-43)25-10-11-26(28(19-25)45(48)49)18-27-20-31(41-22-40-27)42(4)35(46)44(23-52-16-17-54(7,8)9)34-32(38)29(50-5)21-30(51-6)33(34)39;1-26(16-10-15(21)24-11-25-16)20(28)27(12-31-7-8-32(4,5)6)19-17(22)13(29-2)9-14(30-3)18(19)23;1-16(2,3)23-15(20)18-8-6-11(7-9-18)12-4-5-13(17)14(10-12)19(21)22/h10-12,19-22H,13-18,23H2,1-9H3;9-11H,7-8,12H2,1-6H3;4-6,10H,7-9,17H2,1-3H3. The SMILES string of the molecule is CC(C)(C)OC(=O)N1CC=C(c2ccc(N)c([N+](=O)[O-])c2)CC1.COc1cc(OC)c(Cl)c(N(COCC[Si](C)(C)C)C(=O)N(C)c2cc(Cc3ccc(C4=CCN(C(=O)OC(C)(C)C)CC4)cc3[N+](=O)[O-])ncn2)c1Cl.COc1cc(OC)c(Cl)c(N(COCC[Si](C)(C)C)C(=O)N(C)c2cc(Cl)ncn2)c1Cl. The number of anilines is 5. The highest BCUT2D eigenvalue weighted by Crippen LogP contribution is 2.48. The molecule has 8 rings (SSSR count). The average molecular weight is 1650 g/mol. The molecule has 6 amide bonds. The Bertz CT molecular complexity index is 4270. The molecule has 36 heteroatoms. The van der Waals surface area contributed by atoms with Gasteiger partial charge in [0.1, 0.15) is 103 Å². The Morgan fingerprint density at radius 2 is 0.936 bits per heavy atom. The summed E-state index contributed by atoms with van der Waals surface area (Å²) in [6.45, 7) is 26.6. The van der Waals surface area contributed by atoms with E-state index in [0.717, 1.165) is 28.8 Å². The molecule has 4 heterocycles. The first-order valence-corrected chi connectivity index (χ1v) is 43.7. The van der Waals surface area contributed by atoms with Crippen molar-refractivity contribution < 1.29 is 66.9 Å². The number of urea groups is 2. The van der Waals surface area contributed by atoms with Crippen molar-refractivity contribution in [3.63, 3.8) is 0 Å². The number of halogens is 5. The van der Waals surface area contributed by atoms with Gasteiger partial charge in [0.2, 0.25) is 0 Å². The number of carbonyl (C=O) groups is 4. The van der Waals surface area contributed by atoms with E-state index in [4.69, 9.17) is 102 Å². The molecule has 29 nitrogen and oxygen atoms in total. The van der Waals surface area contributed by atoms with Gasteiger partial charge in [-0.05, 0) is 94.8 Å². The first kappa shape index (κ1) is 89.1. The van der Waals surface area contributed by atoms with Crippen LogP contribution in [0.15, 0.2) is 85.5 Å². The van der Waals surface area contributed by atoms with Crippen molar-refractivity contribution in [3.8, 4) is 23.0 Å². The first-order valence-electron chi connectivity index (χ1n) is 34.4. The first-order chi connectivity index (χ1) is 51.0. The molecular formula is C73H96Cl5N13O16Si2. The molecule has 2 aliphatic rings. The summed E-state index contributed by atoms with van der Waals surface area (Å²) in [5.74, 6) is 1.61. The minimum Gasteiger partial charge on any atom is -0.495 e. The van der Waals surface area contributed by atoms with Gasteiger partial charge in [0.15, 0.2) is 0 Å². The van der Waals surface area contributed by atoms with Crippen LogP contribution in [0.2, 0.25) is 76.6 Å². The van der Waals surface area contributed by atoms with Crippen LogP contribution in [0.5, 0.6) is 23.0 Å². The lowest BCUT2D eigenvalue weighted by Gasteiger charge is -2.30. The zero-order chi connectivity index (χ0) is 81.2. The second kappa shape index (κ2) is 39.2. The summed E-state index contributed by atoms with van der Waals surface area (Å²) in [7, 11) is 6.11. The Hall–Kier alpha value is -8.80. The van der Waals surface area contributed by atoms with Gasteiger partial charge in [0, 0.05) is 118 Å². The maximum Gasteiger partial charge on any atom is 0.410 e. The number of nitrogens with zero attached hydrogens (tertiary/aromatic N) is 12. The molecule has 6 aromatic rings. The minimum atomic E-state index is -1.45. The molecule has 0 atom stereocenters. The Morgan fingerprint density at radius 1 is 0.550 bits per heavy atom. The number of hydrogen-bond donors (Lipinski definition) is 1. The van der Waals surface area contributed by atoms with Crippen LogP contribution in [-0.2, 0) is 25.4 Å². The van der Waals surface area contributed by atoms with Crippen molar-refractivity contribution in [2.45, 2.75) is 123 Å². The van der Waals surface area contributed by atoms with Gasteiger partial charge in [0.25, 0.3) is 11.4 Å². The van der Waals surface area contributed by atoms with E-state index in [1.807, 2.05) is 59.8 Å². The van der Waals surface area contributed by atoms with Crippen molar-refractivity contribution in [1.29, 1.82) is 0 Å². The van der Waals surface area contributed by atoms with Crippen LogP contribution in [0.1, 0.15) is 76.8 Å². The largest absolute Gasteiger partial charge is 0.495 e. The highest BCUT2D eigenvalue weighted by Gasteiger charge is 2.34. The van der Waals surface area contributed by atoms with Crippen molar-refractivity contribution in [2.75, 3.05) is 121 Å². The van der Waals surface area contributed by atoms with Crippen molar-refractivity contribution >= 4 is 150 Å². The fourth-order valence-corrected chi connectivity index (χ4v) is 13.5. The van der Waals surface area contributed by atoms with E-state index in [2.05, 4.69) is 59.2 Å². The molecule has 0 aliphatic carbocycles. The number of rotatable bonds is 24. The molecule has 0 fully saturated rings. The van der Waals surface area contributed by atoms with E-state index in [0.29, 0.717) is 86.4 Å². The number of nitrogens with two attached hydrogens (primary N) is 1. The van der Waals surface area contributed by atoms with Gasteiger partial charge in [0.05, 0.1) is 55.4 Å². The van der Waals surface area contributed by atoms with E-state index in [9.17, 15) is 39.4 Å². The van der Waals surface area contributed by atoms with Crippen molar-refractivity contribution in [2.24, 2.45) is 0 Å². The van der Waals surface area contributed by atoms with Crippen molar-refractivity contribution in [3.05, 3.63) is 153 Å². The molecule has 0 radical (unpaired) electrons. The van der Waals surface area contributed by atoms with Crippen LogP contribution >= 0.6 is 58.0 Å². The number of amides is 6. The Morgan fingerprint density at radius 3 is 1.29 bits per heavy atom. The number of nitro benzene ring substituents is 2. The monoisotopic (exact) mass is 1640 g/mol. The van der Waals surface area contributed by atoms with Crippen LogP contribution in [0.4, 0.5) is 59.3 Å². The number of carbonyl (C=O) groups excluding carboxylic acids is 4. The highest BCUT2D eigenvalue weighted by atomic mass is 35.5. The molecule has 2 aliphatic heterocycles. The summed E-state index contributed by atoms with van der Waals surface area (Å²) in [6, 6.07) is 16.7. The number of nitro groups is 2. The maximum atomic E-state index is 14.3. The second-order valence-corrected chi connectivity index (χ2v) is 42.6. The van der Waals surface area contributed by atoms with Gasteiger partial charge in [-0.15, -0.1) is 0 Å². The molecule has 0 saturated heterocycles. The number of ether oxygens (including phenoxy) is 8. The summed E-state index contributed by atoms with van der Waals surface area (Å²) in [5.41, 5.74) is 8.96. The number of hydrogen-bond acceptors (Lipinski definition) is 21. The van der Waals surface area contributed by atoms with Crippen LogP contribution in [-0.4, -0.2) is 187 Å². The lowest BCUT2D eigenvalue weighted by molar-refractivity contribution is -0.385. The van der Waals surface area contributed by atoms with E-state index >= 15 is 0 Å². The summed E-state index contributed by atoms with van der Waals surface area (Å²) < 4.78 is 44.3. The third-order valence-electron chi connectivity index (χ3n) is 16.5. The number of aromatic nitrogens is 4. The quantitative estimate of drug-likeness (QED) is 0.0112. The normalized spacial score (nSPS) is 13.1. The van der Waals surface area contributed by atoms with E-state index in [-0.39, 0.29) is 97.0 Å². The Kier molecular flexibility index (Phi) is 32.1. The summed E-state index contributed by atoms with van der Waals surface area (Å²) in [4.78, 5) is 99.7. The van der Waals surface area contributed by atoms with Gasteiger partial charge in [-0.1, -0.05) is 128 Å². The van der Waals surface area contributed by atoms with Gasteiger partial charge in [-0.25, -0.2) is 39.1 Å². The molecule has 592 valence electrons. The summed E-state index contributed by atoms with van der Waals surface area (Å²) in [5, 5.41) is 23.9. The lowest BCUT2D eigenvalue weighted by atomic mass is 9.96. The molecule has 0 spiro atoms. The van der Waals surface area contributed by atoms with Gasteiger partial charge in [-0.2, -0.15) is 0 Å². The average Bonchev–Trinajstić information content (AvgIpc) is 0.784. The van der Waals surface area contributed by atoms with Gasteiger partial charge in [-0.3, -0.25) is 39.8 Å². The molecule has 0 unspecified atom stereocenters. The summed E-state index contributed by atoms with van der Waals surface area (Å²) >= 11 is 32.6. The Labute approximate surface area is 662 Å². The lowest BCUT2D eigenvalue weighted by Crippen LogP contribution is -2.43. The fraction of sp³-hybridized carbons (Fsp3) is 0.452. The second-order valence-electron chi connectivity index (χ2n) is 29.4. The zero-order valence-electron chi connectivity index (χ0n) is 64.6. The Balaban J connectivity index is 0.000000284. The van der Waals surface area contributed by atoms with E-state index < -0.39 is 55.4 Å². The van der Waals surface area contributed by atoms with Gasteiger partial charge < -0.3 is 53.4 Å². The highest BCUT2D eigenvalue weighted by molar-refractivity contribution is 6.76. The van der Waals surface area contributed by atoms with Crippen LogP contribution < -0.4 is 44.3 Å². The predicted molar refractivity (Wildman–Crippen MR) is 433 cm³/mol. The van der Waals surface area contributed by atoms with Gasteiger partial charge >= 0.3 is 24.2 Å². The van der Waals surface area contributed by atoms with Crippen LogP contribution in [0.3, 0.4) is 0 Å². The third-order valence-corrected chi connectivity index (χ3v) is 21.5.